The molecule has 3 heteroatoms. The Morgan fingerprint density at radius 2 is 2.44 bits per heavy atom. The minimum atomic E-state index is -0.259. The highest BCUT2D eigenvalue weighted by molar-refractivity contribution is 6.03. The fraction of sp³-hybridized carbons (Fsp3) is 0.333. The van der Waals surface area contributed by atoms with Crippen LogP contribution in [-0.4, -0.2) is 11.7 Å². The Morgan fingerprint density at radius 1 is 1.78 bits per heavy atom. The van der Waals surface area contributed by atoms with Crippen molar-refractivity contribution in [1.29, 1.82) is 0 Å². The summed E-state index contributed by atoms with van der Waals surface area (Å²) in [4.78, 5) is 14.0. The molecule has 1 atom stereocenters. The molecule has 1 aliphatic rings. The van der Waals surface area contributed by atoms with E-state index in [-0.39, 0.29) is 11.8 Å². The van der Waals surface area contributed by atoms with E-state index in [1.165, 1.54) is 6.08 Å². The number of carbonyl (C=O) groups is 1. The van der Waals surface area contributed by atoms with Crippen molar-refractivity contribution in [3.05, 3.63) is 12.2 Å². The van der Waals surface area contributed by atoms with Crippen LogP contribution in [0.5, 0.6) is 0 Å². The second-order valence-corrected chi connectivity index (χ2v) is 2.02. The molecular formula is C6H8N2O. The van der Waals surface area contributed by atoms with Crippen LogP contribution in [0.15, 0.2) is 17.1 Å². The minimum Gasteiger partial charge on any atom is -0.387 e. The van der Waals surface area contributed by atoms with Gasteiger partial charge in [0, 0.05) is 12.0 Å². The summed E-state index contributed by atoms with van der Waals surface area (Å²) in [7, 11) is 0. The SMILES string of the molecule is CC1C=CC(=O)N=C1N. The Morgan fingerprint density at radius 3 is 2.89 bits per heavy atom. The number of amidine groups is 1. The molecule has 1 aliphatic heterocycles. The average molecular weight is 124 g/mol. The van der Waals surface area contributed by atoms with Crippen molar-refractivity contribution in [3.63, 3.8) is 0 Å². The fourth-order valence-corrected chi connectivity index (χ4v) is 0.592. The minimum absolute atomic E-state index is 0.114. The van der Waals surface area contributed by atoms with Crippen molar-refractivity contribution in [3.8, 4) is 0 Å². The van der Waals surface area contributed by atoms with Crippen LogP contribution in [0.25, 0.3) is 0 Å². The summed E-state index contributed by atoms with van der Waals surface area (Å²) in [6, 6.07) is 0. The van der Waals surface area contributed by atoms with Crippen molar-refractivity contribution in [2.75, 3.05) is 0 Å². The van der Waals surface area contributed by atoms with E-state index in [9.17, 15) is 4.79 Å². The van der Waals surface area contributed by atoms with Crippen LogP contribution in [-0.2, 0) is 4.79 Å². The first-order valence-corrected chi connectivity index (χ1v) is 2.76. The zero-order chi connectivity index (χ0) is 6.85. The van der Waals surface area contributed by atoms with Gasteiger partial charge in [-0.2, -0.15) is 4.99 Å². The van der Waals surface area contributed by atoms with Crippen LogP contribution in [0.3, 0.4) is 0 Å². The lowest BCUT2D eigenvalue weighted by atomic mass is 10.1. The maximum absolute atomic E-state index is 10.5. The first-order valence-electron chi connectivity index (χ1n) is 2.76. The van der Waals surface area contributed by atoms with Gasteiger partial charge in [0.2, 0.25) is 0 Å². The number of aliphatic imine (C=N–C) groups is 1. The Bertz CT molecular complexity index is 193. The third kappa shape index (κ3) is 1.16. The van der Waals surface area contributed by atoms with Gasteiger partial charge in [-0.05, 0) is 0 Å². The monoisotopic (exact) mass is 124 g/mol. The zero-order valence-electron chi connectivity index (χ0n) is 5.16. The van der Waals surface area contributed by atoms with Gasteiger partial charge >= 0.3 is 0 Å². The number of hydrogen-bond acceptors (Lipinski definition) is 2. The number of amides is 1. The van der Waals surface area contributed by atoms with E-state index in [1.807, 2.05) is 6.92 Å². The van der Waals surface area contributed by atoms with Crippen molar-refractivity contribution in [2.24, 2.45) is 16.6 Å². The molecule has 1 rings (SSSR count). The summed E-state index contributed by atoms with van der Waals surface area (Å²) < 4.78 is 0. The Labute approximate surface area is 53.3 Å². The first kappa shape index (κ1) is 6.01. The van der Waals surface area contributed by atoms with Gasteiger partial charge in [0.1, 0.15) is 5.84 Å². The van der Waals surface area contributed by atoms with Crippen LogP contribution in [0.2, 0.25) is 0 Å². The number of carbonyl (C=O) groups excluding carboxylic acids is 1. The van der Waals surface area contributed by atoms with E-state index in [2.05, 4.69) is 4.99 Å². The lowest BCUT2D eigenvalue weighted by molar-refractivity contribution is -0.113. The molecule has 1 unspecified atom stereocenters. The third-order valence-electron chi connectivity index (χ3n) is 1.23. The van der Waals surface area contributed by atoms with E-state index in [0.717, 1.165) is 0 Å². The molecule has 0 bridgehead atoms. The predicted molar refractivity (Wildman–Crippen MR) is 34.9 cm³/mol. The predicted octanol–water partition coefficient (Wildman–Crippen LogP) is 0.0761. The number of dihydropyridines is 1. The van der Waals surface area contributed by atoms with Gasteiger partial charge in [0.15, 0.2) is 0 Å². The highest BCUT2D eigenvalue weighted by atomic mass is 16.1. The van der Waals surface area contributed by atoms with E-state index in [0.29, 0.717) is 5.84 Å². The molecule has 0 saturated heterocycles. The second-order valence-electron chi connectivity index (χ2n) is 2.02. The van der Waals surface area contributed by atoms with Gasteiger partial charge in [-0.25, -0.2) is 0 Å². The number of nitrogens with zero attached hydrogens (tertiary/aromatic N) is 1. The molecule has 0 aromatic rings. The van der Waals surface area contributed by atoms with Gasteiger partial charge in [0.05, 0.1) is 0 Å². The summed E-state index contributed by atoms with van der Waals surface area (Å²) in [6.45, 7) is 1.89. The molecule has 0 aromatic heterocycles. The molecule has 0 saturated carbocycles. The lowest BCUT2D eigenvalue weighted by Gasteiger charge is -2.06. The van der Waals surface area contributed by atoms with E-state index >= 15 is 0 Å². The smallest absolute Gasteiger partial charge is 0.271 e. The van der Waals surface area contributed by atoms with Crippen LogP contribution in [0, 0.1) is 5.92 Å². The van der Waals surface area contributed by atoms with Crippen molar-refractivity contribution in [1.82, 2.24) is 0 Å². The summed E-state index contributed by atoms with van der Waals surface area (Å²) in [5.41, 5.74) is 5.35. The van der Waals surface area contributed by atoms with Gasteiger partial charge in [-0.1, -0.05) is 13.0 Å². The lowest BCUT2D eigenvalue weighted by Crippen LogP contribution is -2.23. The fourth-order valence-electron chi connectivity index (χ4n) is 0.592. The molecule has 1 amide bonds. The maximum atomic E-state index is 10.5. The molecule has 0 fully saturated rings. The highest BCUT2D eigenvalue weighted by Crippen LogP contribution is 2.02. The van der Waals surface area contributed by atoms with E-state index in [4.69, 9.17) is 5.73 Å². The standard InChI is InChI=1S/C6H8N2O/c1-4-2-3-5(9)8-6(4)7/h2-4H,1H3,(H2,7,8,9). The van der Waals surface area contributed by atoms with Crippen LogP contribution >= 0.6 is 0 Å². The summed E-state index contributed by atoms with van der Waals surface area (Å²) >= 11 is 0. The van der Waals surface area contributed by atoms with Crippen LogP contribution in [0.4, 0.5) is 0 Å². The average Bonchev–Trinajstić information content (AvgIpc) is 1.80. The Balaban J connectivity index is 2.82. The zero-order valence-corrected chi connectivity index (χ0v) is 5.16. The summed E-state index contributed by atoms with van der Waals surface area (Å²) in [5, 5.41) is 0. The largest absolute Gasteiger partial charge is 0.387 e. The molecule has 48 valence electrons. The maximum Gasteiger partial charge on any atom is 0.271 e. The first-order chi connectivity index (χ1) is 4.20. The molecular weight excluding hydrogens is 116 g/mol. The van der Waals surface area contributed by atoms with Crippen molar-refractivity contribution in [2.45, 2.75) is 6.92 Å². The molecule has 2 N–H and O–H groups in total. The van der Waals surface area contributed by atoms with Gasteiger partial charge in [0.25, 0.3) is 5.91 Å². The number of rotatable bonds is 0. The van der Waals surface area contributed by atoms with Crippen molar-refractivity contribution < 1.29 is 4.79 Å². The number of hydrogen-bond donors (Lipinski definition) is 1. The Kier molecular flexibility index (Phi) is 1.34. The van der Waals surface area contributed by atoms with Crippen LogP contribution in [0.1, 0.15) is 6.92 Å². The molecule has 0 aliphatic carbocycles. The topological polar surface area (TPSA) is 55.5 Å². The quantitative estimate of drug-likeness (QED) is 0.497. The second kappa shape index (κ2) is 2.01. The molecule has 9 heavy (non-hydrogen) atoms. The summed E-state index contributed by atoms with van der Waals surface area (Å²) in [5.74, 6) is 0.260. The van der Waals surface area contributed by atoms with E-state index < -0.39 is 0 Å². The molecule has 0 aromatic carbocycles. The number of nitrogens with two attached hydrogens (primary N) is 1. The molecule has 1 heterocycles. The van der Waals surface area contributed by atoms with E-state index in [1.54, 1.807) is 6.08 Å². The Hall–Kier alpha value is -1.12. The van der Waals surface area contributed by atoms with Crippen LogP contribution < -0.4 is 5.73 Å². The summed E-state index contributed by atoms with van der Waals surface area (Å²) in [6.07, 6.45) is 3.17. The molecule has 0 radical (unpaired) electrons. The van der Waals surface area contributed by atoms with Gasteiger partial charge in [-0.3, -0.25) is 4.79 Å². The normalized spacial score (nSPS) is 26.1. The van der Waals surface area contributed by atoms with Gasteiger partial charge in [-0.15, -0.1) is 0 Å². The highest BCUT2D eigenvalue weighted by Gasteiger charge is 2.08. The molecule has 0 spiro atoms. The van der Waals surface area contributed by atoms with Crippen molar-refractivity contribution >= 4 is 11.7 Å². The molecule has 3 nitrogen and oxygen atoms in total. The van der Waals surface area contributed by atoms with Gasteiger partial charge < -0.3 is 5.73 Å². The third-order valence-corrected chi connectivity index (χ3v) is 1.23.